The van der Waals surface area contributed by atoms with Crippen LogP contribution in [0.15, 0.2) is 0 Å². The van der Waals surface area contributed by atoms with Gasteiger partial charge in [0.2, 0.25) is 5.91 Å². The van der Waals surface area contributed by atoms with Gasteiger partial charge in [0.25, 0.3) is 0 Å². The summed E-state index contributed by atoms with van der Waals surface area (Å²) < 4.78 is 0. The Morgan fingerprint density at radius 2 is 1.46 bits per heavy atom. The standard InChI is InChI=1S/C22H41N3O/c1-20(2,3)7-6-10-23-13-15-24(16-14-23)17-19(26)25-11-8-22(9-12-25)18-21(22,4)5/h6-18H2,1-5H3. The molecule has 3 rings (SSSR count). The van der Waals surface area contributed by atoms with Gasteiger partial charge in [-0.2, -0.15) is 0 Å². The van der Waals surface area contributed by atoms with Crippen LogP contribution in [0.2, 0.25) is 0 Å². The maximum atomic E-state index is 12.7. The molecule has 2 heterocycles. The molecule has 0 unspecified atom stereocenters. The molecule has 0 aromatic heterocycles. The molecule has 150 valence electrons. The molecule has 0 radical (unpaired) electrons. The molecule has 0 bridgehead atoms. The van der Waals surface area contributed by atoms with Gasteiger partial charge in [0.1, 0.15) is 0 Å². The van der Waals surface area contributed by atoms with Crippen molar-refractivity contribution >= 4 is 5.91 Å². The molecular weight excluding hydrogens is 322 g/mol. The fourth-order valence-corrected chi connectivity index (χ4v) is 5.13. The largest absolute Gasteiger partial charge is 0.342 e. The Labute approximate surface area is 161 Å². The summed E-state index contributed by atoms with van der Waals surface area (Å²) in [5.74, 6) is 0.361. The summed E-state index contributed by atoms with van der Waals surface area (Å²) in [5, 5.41) is 0. The number of piperazine rings is 1. The van der Waals surface area contributed by atoms with Crippen LogP contribution in [0.25, 0.3) is 0 Å². The van der Waals surface area contributed by atoms with E-state index in [9.17, 15) is 4.79 Å². The summed E-state index contributed by atoms with van der Waals surface area (Å²) in [6.45, 7) is 19.9. The Bertz CT molecular complexity index is 492. The maximum Gasteiger partial charge on any atom is 0.236 e. The van der Waals surface area contributed by atoms with Crippen molar-refractivity contribution in [2.75, 3.05) is 52.4 Å². The number of amides is 1. The van der Waals surface area contributed by atoms with Crippen LogP contribution in [0.4, 0.5) is 0 Å². The van der Waals surface area contributed by atoms with Crippen LogP contribution in [0.3, 0.4) is 0 Å². The third-order valence-corrected chi connectivity index (χ3v) is 7.39. The number of carbonyl (C=O) groups is 1. The third-order valence-electron chi connectivity index (χ3n) is 7.39. The van der Waals surface area contributed by atoms with Crippen molar-refractivity contribution < 1.29 is 4.79 Å². The molecule has 2 aliphatic heterocycles. The molecule has 1 aliphatic carbocycles. The Hall–Kier alpha value is -0.610. The Morgan fingerprint density at radius 3 is 1.96 bits per heavy atom. The lowest BCUT2D eigenvalue weighted by Crippen LogP contribution is -2.51. The van der Waals surface area contributed by atoms with Crippen LogP contribution >= 0.6 is 0 Å². The molecule has 0 aromatic rings. The highest BCUT2D eigenvalue weighted by molar-refractivity contribution is 5.78. The number of hydrogen-bond donors (Lipinski definition) is 0. The van der Waals surface area contributed by atoms with Crippen molar-refractivity contribution in [1.82, 2.24) is 14.7 Å². The highest BCUT2D eigenvalue weighted by Crippen LogP contribution is 2.68. The smallest absolute Gasteiger partial charge is 0.236 e. The summed E-state index contributed by atoms with van der Waals surface area (Å²) in [7, 11) is 0. The highest BCUT2D eigenvalue weighted by atomic mass is 16.2. The van der Waals surface area contributed by atoms with E-state index in [2.05, 4.69) is 49.3 Å². The summed E-state index contributed by atoms with van der Waals surface area (Å²) in [5.41, 5.74) is 1.52. The first-order valence-electron chi connectivity index (χ1n) is 10.8. The predicted molar refractivity (Wildman–Crippen MR) is 108 cm³/mol. The van der Waals surface area contributed by atoms with Crippen LogP contribution in [-0.2, 0) is 4.79 Å². The van der Waals surface area contributed by atoms with Gasteiger partial charge in [0.15, 0.2) is 0 Å². The van der Waals surface area contributed by atoms with Gasteiger partial charge >= 0.3 is 0 Å². The minimum absolute atomic E-state index is 0.361. The lowest BCUT2D eigenvalue weighted by Gasteiger charge is -2.38. The van der Waals surface area contributed by atoms with Gasteiger partial charge in [-0.05, 0) is 54.9 Å². The monoisotopic (exact) mass is 363 g/mol. The van der Waals surface area contributed by atoms with Crippen LogP contribution in [0.5, 0.6) is 0 Å². The van der Waals surface area contributed by atoms with Gasteiger partial charge in [-0.25, -0.2) is 0 Å². The average Bonchev–Trinajstić information content (AvgIpc) is 3.08. The summed E-state index contributed by atoms with van der Waals surface area (Å²) >= 11 is 0. The minimum atomic E-state index is 0.361. The van der Waals surface area contributed by atoms with Crippen LogP contribution in [0, 0.1) is 16.2 Å². The number of hydrogen-bond acceptors (Lipinski definition) is 3. The fourth-order valence-electron chi connectivity index (χ4n) is 5.13. The van der Waals surface area contributed by atoms with E-state index in [-0.39, 0.29) is 0 Å². The zero-order valence-corrected chi connectivity index (χ0v) is 17.9. The van der Waals surface area contributed by atoms with Crippen LogP contribution in [-0.4, -0.2) is 73.0 Å². The normalized spacial score (nSPS) is 26.3. The van der Waals surface area contributed by atoms with E-state index in [1.165, 1.54) is 38.6 Å². The van der Waals surface area contributed by atoms with E-state index < -0.39 is 0 Å². The second-order valence-corrected chi connectivity index (χ2v) is 11.0. The van der Waals surface area contributed by atoms with Crippen LogP contribution in [0.1, 0.15) is 66.7 Å². The molecule has 3 fully saturated rings. The molecule has 4 nitrogen and oxygen atoms in total. The van der Waals surface area contributed by atoms with Crippen molar-refractivity contribution in [3.63, 3.8) is 0 Å². The van der Waals surface area contributed by atoms with Gasteiger partial charge in [-0.1, -0.05) is 34.6 Å². The van der Waals surface area contributed by atoms with Gasteiger partial charge in [-0.15, -0.1) is 0 Å². The highest BCUT2D eigenvalue weighted by Gasteiger charge is 2.61. The van der Waals surface area contributed by atoms with E-state index in [4.69, 9.17) is 0 Å². The molecule has 1 saturated carbocycles. The molecule has 3 aliphatic rings. The van der Waals surface area contributed by atoms with E-state index in [1.807, 2.05) is 0 Å². The van der Waals surface area contributed by atoms with Crippen molar-refractivity contribution in [2.45, 2.75) is 66.7 Å². The Balaban J connectivity index is 1.33. The quantitative estimate of drug-likeness (QED) is 0.748. The van der Waals surface area contributed by atoms with E-state index in [0.717, 1.165) is 39.3 Å². The predicted octanol–water partition coefficient (Wildman–Crippen LogP) is 3.47. The number of likely N-dealkylation sites (tertiary alicyclic amines) is 1. The molecular formula is C22H41N3O. The maximum absolute atomic E-state index is 12.7. The number of nitrogens with zero attached hydrogens (tertiary/aromatic N) is 3. The topological polar surface area (TPSA) is 26.8 Å². The second-order valence-electron chi connectivity index (χ2n) is 11.0. The summed E-state index contributed by atoms with van der Waals surface area (Å²) in [6, 6.07) is 0. The fraction of sp³-hybridized carbons (Fsp3) is 0.955. The molecule has 1 spiro atoms. The Morgan fingerprint density at radius 1 is 0.923 bits per heavy atom. The van der Waals surface area contributed by atoms with E-state index in [0.29, 0.717) is 28.7 Å². The van der Waals surface area contributed by atoms with Gasteiger partial charge in [0, 0.05) is 39.3 Å². The van der Waals surface area contributed by atoms with Crippen molar-refractivity contribution in [2.24, 2.45) is 16.2 Å². The first kappa shape index (κ1) is 20.1. The number of carbonyl (C=O) groups excluding carboxylic acids is 1. The first-order valence-corrected chi connectivity index (χ1v) is 10.8. The molecule has 0 atom stereocenters. The van der Waals surface area contributed by atoms with Crippen molar-refractivity contribution in [1.29, 1.82) is 0 Å². The lowest BCUT2D eigenvalue weighted by atomic mass is 9.86. The molecule has 1 amide bonds. The lowest BCUT2D eigenvalue weighted by molar-refractivity contribution is -0.134. The van der Waals surface area contributed by atoms with E-state index in [1.54, 1.807) is 0 Å². The number of rotatable bonds is 5. The van der Waals surface area contributed by atoms with E-state index >= 15 is 0 Å². The van der Waals surface area contributed by atoms with Gasteiger partial charge in [0.05, 0.1) is 6.54 Å². The summed E-state index contributed by atoms with van der Waals surface area (Å²) in [6.07, 6.45) is 6.37. The third kappa shape index (κ3) is 4.81. The van der Waals surface area contributed by atoms with Crippen molar-refractivity contribution in [3.05, 3.63) is 0 Å². The molecule has 0 aromatic carbocycles. The van der Waals surface area contributed by atoms with Crippen LogP contribution < -0.4 is 0 Å². The minimum Gasteiger partial charge on any atom is -0.342 e. The van der Waals surface area contributed by atoms with Gasteiger partial charge in [-0.3, -0.25) is 9.69 Å². The first-order chi connectivity index (χ1) is 12.1. The SMILES string of the molecule is CC(C)(C)CCCN1CCN(CC(=O)N2CCC3(CC2)CC3(C)C)CC1. The molecule has 26 heavy (non-hydrogen) atoms. The Kier molecular flexibility index (Phi) is 5.75. The van der Waals surface area contributed by atoms with Crippen molar-refractivity contribution in [3.8, 4) is 0 Å². The number of piperidine rings is 1. The molecule has 4 heteroatoms. The zero-order valence-electron chi connectivity index (χ0n) is 17.9. The summed E-state index contributed by atoms with van der Waals surface area (Å²) in [4.78, 5) is 19.8. The average molecular weight is 364 g/mol. The van der Waals surface area contributed by atoms with Gasteiger partial charge < -0.3 is 9.80 Å². The zero-order chi connectivity index (χ0) is 19.0. The second kappa shape index (κ2) is 7.43. The molecule has 2 saturated heterocycles. The molecule has 0 N–H and O–H groups in total.